The Labute approximate surface area is 561 Å². The Hall–Kier alpha value is -3.28. The Balaban J connectivity index is -0.0000378. The summed E-state index contributed by atoms with van der Waals surface area (Å²) in [6, 6.07) is 0. The minimum absolute atomic E-state index is 0. The predicted octanol–water partition coefficient (Wildman–Crippen LogP) is 10.8. The zero-order chi connectivity index (χ0) is 65.2. The molecule has 0 aromatic heterocycles. The van der Waals surface area contributed by atoms with Crippen molar-refractivity contribution in [3.8, 4) is 0 Å². The van der Waals surface area contributed by atoms with Gasteiger partial charge in [0.25, 0.3) is 0 Å². The number of allylic oxidation sites excluding steroid dienone is 2. The van der Waals surface area contributed by atoms with Gasteiger partial charge in [-0.1, -0.05) is 206 Å². The van der Waals surface area contributed by atoms with E-state index in [0.717, 1.165) is 205 Å². The number of aliphatic hydroxyl groups is 2. The third kappa shape index (κ3) is 57.4. The van der Waals surface area contributed by atoms with Crippen LogP contribution in [0.3, 0.4) is 0 Å². The molecule has 90 heavy (non-hydrogen) atoms. The highest BCUT2D eigenvalue weighted by Crippen LogP contribution is 2.21. The molecule has 0 aliphatic carbocycles. The van der Waals surface area contributed by atoms with Gasteiger partial charge >= 0.3 is 35.8 Å². The number of ether oxygens (including phenoxy) is 4. The molecule has 0 aliphatic heterocycles. The van der Waals surface area contributed by atoms with Crippen LogP contribution < -0.4 is 24.8 Å². The van der Waals surface area contributed by atoms with Crippen LogP contribution in [-0.2, 0) is 57.4 Å². The normalized spacial score (nSPS) is 14.1. The third-order valence-corrected chi connectivity index (χ3v) is 16.4. The van der Waals surface area contributed by atoms with Crippen LogP contribution in [0.1, 0.15) is 324 Å². The van der Waals surface area contributed by atoms with Crippen LogP contribution in [0.25, 0.3) is 0 Å². The molecule has 0 saturated heterocycles. The molecule has 0 aromatic carbocycles. The Bertz CT molecular complexity index is 1680. The third-order valence-electron chi connectivity index (χ3n) is 16.4. The monoisotopic (exact) mass is 1320 g/mol. The lowest BCUT2D eigenvalue weighted by Gasteiger charge is -2.30. The van der Waals surface area contributed by atoms with E-state index in [0.29, 0.717) is 64.8 Å². The summed E-state index contributed by atoms with van der Waals surface area (Å²) in [5.41, 5.74) is 0. The van der Waals surface area contributed by atoms with Crippen molar-refractivity contribution in [3.63, 3.8) is 0 Å². The molecule has 0 bridgehead atoms. The van der Waals surface area contributed by atoms with Gasteiger partial charge in [-0.2, -0.15) is 0 Å². The molecule has 6 atom stereocenters. The molecule has 16 nitrogen and oxygen atoms in total. The van der Waals surface area contributed by atoms with E-state index in [9.17, 15) is 39.0 Å². The molecule has 0 saturated carbocycles. The Kier molecular flexibility index (Phi) is 63.8. The van der Waals surface area contributed by atoms with E-state index in [1.807, 2.05) is 12.2 Å². The second-order valence-electron chi connectivity index (χ2n) is 25.5. The van der Waals surface area contributed by atoms with Gasteiger partial charge < -0.3 is 54.0 Å². The fraction of sp³-hybridized carbons (Fsp3) is 0.861. The van der Waals surface area contributed by atoms with Crippen LogP contribution in [-0.4, -0.2) is 133 Å². The summed E-state index contributed by atoms with van der Waals surface area (Å²) in [5, 5.41) is 22.1. The lowest BCUT2D eigenvalue weighted by molar-refractivity contribution is -1.07. The summed E-state index contributed by atoms with van der Waals surface area (Å²) in [6.07, 6.45) is 47.2. The van der Waals surface area contributed by atoms with Gasteiger partial charge in [0.15, 0.2) is 0 Å². The largest absolute Gasteiger partial charge is 1.00 e. The van der Waals surface area contributed by atoms with Crippen molar-refractivity contribution in [3.05, 3.63) is 24.3 Å². The molecule has 6 unspecified atom stereocenters. The Morgan fingerprint density at radius 1 is 0.367 bits per heavy atom. The maximum atomic E-state index is 13.2. The molecule has 18 heteroatoms. The first-order valence-electron chi connectivity index (χ1n) is 35.9. The zero-order valence-corrected chi connectivity index (χ0v) is 59.9. The molecule has 0 aliphatic rings. The fourth-order valence-corrected chi connectivity index (χ4v) is 11.1. The first kappa shape index (κ1) is 90.9. The summed E-state index contributed by atoms with van der Waals surface area (Å²) >= 11 is 0. The number of carbonyl (C=O) groups excluding carboxylic acids is 6. The first-order chi connectivity index (χ1) is 42.4. The maximum Gasteiger partial charge on any atom is 0.366 e. The fourth-order valence-electron chi connectivity index (χ4n) is 11.1. The lowest BCUT2D eigenvalue weighted by Crippen LogP contribution is -3.00. The smallest absolute Gasteiger partial charge is 0.366 e. The van der Waals surface area contributed by atoms with Gasteiger partial charge in [-0.25, -0.2) is 19.2 Å². The average Bonchev–Trinajstić information content (AvgIpc) is 2.07. The average molecular weight is 1320 g/mol. The van der Waals surface area contributed by atoms with Crippen molar-refractivity contribution in [1.29, 1.82) is 0 Å². The molecule has 2 N–H and O–H groups in total. The number of hydrogen-bond acceptors (Lipinski definition) is 14. The van der Waals surface area contributed by atoms with E-state index >= 15 is 0 Å². The van der Waals surface area contributed by atoms with Crippen molar-refractivity contribution < 1.29 is 102 Å². The summed E-state index contributed by atoms with van der Waals surface area (Å²) in [7, 11) is 3.50. The SMILES string of the molecule is CCCCCCCC[N+](C)(CC(=O)OC(CCCCC)C(O)C/C=C\CCCCCCCC(=O)OCCCCCCCCCCOC(=O)CCCCCCC/C=C\CC(O)C(CCCCC)OC(=O)C[N+](C)(CCCCCCCC)OC(C)=O)OC(C)=O.[Cl-].[Cl-]. The number of esters is 4. The number of rotatable bonds is 63. The van der Waals surface area contributed by atoms with Gasteiger partial charge in [0.1, 0.15) is 39.4 Å². The number of likely N-dealkylation sites (N-methyl/N-ethyl adjacent to an activating group) is 2. The van der Waals surface area contributed by atoms with Gasteiger partial charge in [0.2, 0.25) is 13.1 Å². The molecule has 0 radical (unpaired) electrons. The van der Waals surface area contributed by atoms with E-state index in [1.165, 1.54) is 52.4 Å². The van der Waals surface area contributed by atoms with Gasteiger partial charge in [0.05, 0.1) is 25.4 Å². The molecule has 0 heterocycles. The van der Waals surface area contributed by atoms with Crippen LogP contribution in [0.5, 0.6) is 0 Å². The number of hydrogen-bond donors (Lipinski definition) is 2. The van der Waals surface area contributed by atoms with Crippen LogP contribution in [0.2, 0.25) is 0 Å². The highest BCUT2D eigenvalue weighted by atomic mass is 35.5. The van der Waals surface area contributed by atoms with Gasteiger partial charge in [0, 0.05) is 39.5 Å². The number of aliphatic hydroxyl groups excluding tert-OH is 2. The van der Waals surface area contributed by atoms with Gasteiger partial charge in [-0.15, -0.1) is 9.29 Å². The summed E-state index contributed by atoms with van der Waals surface area (Å²) in [6.45, 7) is 13.2. The van der Waals surface area contributed by atoms with Crippen LogP contribution in [0.15, 0.2) is 24.3 Å². The number of carbonyl (C=O) groups is 6. The second-order valence-corrected chi connectivity index (χ2v) is 25.5. The summed E-state index contributed by atoms with van der Waals surface area (Å²) < 4.78 is 22.4. The van der Waals surface area contributed by atoms with Crippen molar-refractivity contribution in [2.24, 2.45) is 0 Å². The number of nitrogens with zero attached hydrogens (tertiary/aromatic N) is 2. The molecule has 530 valence electrons. The number of halogens is 2. The highest BCUT2D eigenvalue weighted by molar-refractivity contribution is 5.72. The second kappa shape index (κ2) is 63.1. The molecule has 0 rings (SSSR count). The zero-order valence-electron chi connectivity index (χ0n) is 58.4. The number of unbranched alkanes of at least 4 members (excludes halogenated alkanes) is 31. The maximum absolute atomic E-state index is 13.2. The lowest BCUT2D eigenvalue weighted by atomic mass is 10.0. The minimum Gasteiger partial charge on any atom is -1.00 e. The van der Waals surface area contributed by atoms with E-state index < -0.39 is 48.3 Å². The molecule has 0 amide bonds. The predicted molar refractivity (Wildman–Crippen MR) is 353 cm³/mol. The summed E-state index contributed by atoms with van der Waals surface area (Å²) in [5.74, 6) is -2.02. The van der Waals surface area contributed by atoms with Crippen molar-refractivity contribution in [2.75, 3.05) is 53.5 Å². The topological polar surface area (TPSA) is 198 Å². The molecule has 0 fully saturated rings. The molecular formula is C72H134Cl2N2O14. The van der Waals surface area contributed by atoms with Crippen LogP contribution in [0.4, 0.5) is 0 Å². The number of hydroxylamine groups is 6. The highest BCUT2D eigenvalue weighted by Gasteiger charge is 2.35. The van der Waals surface area contributed by atoms with Gasteiger partial charge in [-0.3, -0.25) is 19.3 Å². The summed E-state index contributed by atoms with van der Waals surface area (Å²) in [4.78, 5) is 85.9. The quantitative estimate of drug-likeness (QED) is 0.0146. The van der Waals surface area contributed by atoms with E-state index in [1.54, 1.807) is 14.1 Å². The standard InChI is InChI=1S/C72H134N2O14.2ClH/c1-9-13-17-19-37-47-57-73(7,87-63(5)75)61-71(81)85-67(53-41-15-11-3)65(77)51-43-33-27-21-23-29-35-45-55-69(79)83-59-49-39-31-25-26-32-40-50-60-84-70(80)56-46-36-30-24-22-28-34-44-52-66(78)68(54-42-16-12-4)86-72(82)62-74(8,88-64(6)76)58-48-38-20-18-14-10-2;;/h33-34,43-44,65-68,77-78H,9-32,35-42,45-62H2,1-8H3;2*1H/q+2;;/p-2/b43-33-,44-34-;;. The Morgan fingerprint density at radius 2 is 0.656 bits per heavy atom. The number of quaternary nitrogens is 2. The van der Waals surface area contributed by atoms with Gasteiger partial charge in [-0.05, 0) is 103 Å². The first-order valence-corrected chi connectivity index (χ1v) is 35.9. The van der Waals surface area contributed by atoms with Crippen LogP contribution >= 0.6 is 0 Å². The van der Waals surface area contributed by atoms with Crippen molar-refractivity contribution >= 4 is 35.8 Å². The van der Waals surface area contributed by atoms with Crippen molar-refractivity contribution in [2.45, 2.75) is 348 Å². The van der Waals surface area contributed by atoms with E-state index in [2.05, 4.69) is 39.8 Å². The van der Waals surface area contributed by atoms with Crippen molar-refractivity contribution in [1.82, 2.24) is 0 Å². The van der Waals surface area contributed by atoms with E-state index in [-0.39, 0.29) is 59.1 Å². The van der Waals surface area contributed by atoms with E-state index in [4.69, 9.17) is 28.6 Å². The minimum atomic E-state index is -0.809. The molecule has 0 spiro atoms. The Morgan fingerprint density at radius 3 is 0.989 bits per heavy atom. The van der Waals surface area contributed by atoms with Crippen LogP contribution in [0, 0.1) is 0 Å². The molecule has 0 aromatic rings. The molecular weight excluding hydrogens is 1190 g/mol.